The number of benzene rings is 1. The Bertz CT molecular complexity index is 722. The fourth-order valence-corrected chi connectivity index (χ4v) is 5.17. The maximum atomic E-state index is 13.0. The Kier molecular flexibility index (Phi) is 5.21. The molecule has 1 aliphatic carbocycles. The zero-order valence-corrected chi connectivity index (χ0v) is 16.1. The van der Waals surface area contributed by atoms with Crippen molar-refractivity contribution >= 4 is 15.9 Å². The molecule has 2 fully saturated rings. The molecule has 0 aromatic heterocycles. The second-order valence-corrected chi connectivity index (χ2v) is 9.52. The molecule has 0 bridgehead atoms. The van der Waals surface area contributed by atoms with E-state index in [1.165, 1.54) is 4.31 Å². The second kappa shape index (κ2) is 7.08. The minimum absolute atomic E-state index is 0.126. The van der Waals surface area contributed by atoms with Crippen LogP contribution in [-0.2, 0) is 14.8 Å². The standard InChI is InChI=1S/C19H28N2O3S/c1-14(2)21(17-8-9-17)19(22)16-5-4-12-20(13-16)25(23,24)18-10-6-15(3)7-11-18/h6-7,10-11,14,16-17H,4-5,8-9,12-13H2,1-3H3. The van der Waals surface area contributed by atoms with Gasteiger partial charge in [0.05, 0.1) is 10.8 Å². The van der Waals surface area contributed by atoms with E-state index in [2.05, 4.69) is 0 Å². The van der Waals surface area contributed by atoms with Crippen molar-refractivity contribution in [3.05, 3.63) is 29.8 Å². The molecule has 1 saturated carbocycles. The molecule has 2 aliphatic rings. The normalized spacial score (nSPS) is 22.2. The topological polar surface area (TPSA) is 57.7 Å². The van der Waals surface area contributed by atoms with Crippen LogP contribution in [0.4, 0.5) is 0 Å². The van der Waals surface area contributed by atoms with Crippen molar-refractivity contribution < 1.29 is 13.2 Å². The Labute approximate surface area is 151 Å². The molecule has 1 atom stereocenters. The number of amides is 1. The summed E-state index contributed by atoms with van der Waals surface area (Å²) in [5.74, 6) is -0.0988. The Morgan fingerprint density at radius 2 is 1.80 bits per heavy atom. The lowest BCUT2D eigenvalue weighted by molar-refractivity contribution is -0.139. The zero-order valence-electron chi connectivity index (χ0n) is 15.3. The van der Waals surface area contributed by atoms with Crippen LogP contribution in [0.25, 0.3) is 0 Å². The van der Waals surface area contributed by atoms with Crippen molar-refractivity contribution in [2.75, 3.05) is 13.1 Å². The fourth-order valence-electron chi connectivity index (χ4n) is 3.64. The number of hydrogen-bond acceptors (Lipinski definition) is 3. The molecule has 0 radical (unpaired) electrons. The number of rotatable bonds is 5. The van der Waals surface area contributed by atoms with E-state index < -0.39 is 10.0 Å². The van der Waals surface area contributed by atoms with Gasteiger partial charge < -0.3 is 4.90 Å². The molecule has 5 nitrogen and oxygen atoms in total. The lowest BCUT2D eigenvalue weighted by Gasteiger charge is -2.36. The van der Waals surface area contributed by atoms with E-state index in [-0.39, 0.29) is 17.9 Å². The summed E-state index contributed by atoms with van der Waals surface area (Å²) < 4.78 is 27.3. The predicted molar refractivity (Wildman–Crippen MR) is 97.7 cm³/mol. The van der Waals surface area contributed by atoms with E-state index in [0.29, 0.717) is 24.0 Å². The predicted octanol–water partition coefficient (Wildman–Crippen LogP) is 2.80. The number of carbonyl (C=O) groups is 1. The van der Waals surface area contributed by atoms with Gasteiger partial charge in [-0.05, 0) is 58.6 Å². The molecular formula is C19H28N2O3S. The molecular weight excluding hydrogens is 336 g/mol. The van der Waals surface area contributed by atoms with Gasteiger partial charge in [-0.3, -0.25) is 4.79 Å². The lowest BCUT2D eigenvalue weighted by atomic mass is 9.97. The maximum Gasteiger partial charge on any atom is 0.243 e. The zero-order chi connectivity index (χ0) is 18.2. The van der Waals surface area contributed by atoms with Crippen LogP contribution in [-0.4, -0.2) is 48.7 Å². The highest BCUT2D eigenvalue weighted by Gasteiger charge is 2.40. The van der Waals surface area contributed by atoms with Crippen molar-refractivity contribution in [3.63, 3.8) is 0 Å². The summed E-state index contributed by atoms with van der Waals surface area (Å²) >= 11 is 0. The van der Waals surface area contributed by atoms with E-state index in [1.54, 1.807) is 12.1 Å². The van der Waals surface area contributed by atoms with Crippen LogP contribution >= 0.6 is 0 Å². The first-order valence-corrected chi connectivity index (χ1v) is 10.6. The molecule has 6 heteroatoms. The van der Waals surface area contributed by atoms with Crippen molar-refractivity contribution in [1.29, 1.82) is 0 Å². The first-order chi connectivity index (χ1) is 11.8. The summed E-state index contributed by atoms with van der Waals surface area (Å²) in [6.45, 7) is 6.81. The van der Waals surface area contributed by atoms with Gasteiger partial charge in [-0.2, -0.15) is 4.31 Å². The minimum Gasteiger partial charge on any atom is -0.337 e. The summed E-state index contributed by atoms with van der Waals surface area (Å²) in [4.78, 5) is 15.3. The molecule has 1 amide bonds. The molecule has 0 N–H and O–H groups in total. The molecule has 1 aromatic rings. The first kappa shape index (κ1) is 18.4. The molecule has 1 heterocycles. The van der Waals surface area contributed by atoms with Gasteiger partial charge in [0.15, 0.2) is 0 Å². The van der Waals surface area contributed by atoms with Gasteiger partial charge in [-0.1, -0.05) is 17.7 Å². The quantitative estimate of drug-likeness (QED) is 0.807. The third kappa shape index (κ3) is 3.90. The second-order valence-electron chi connectivity index (χ2n) is 7.59. The Hall–Kier alpha value is -1.40. The van der Waals surface area contributed by atoms with Crippen LogP contribution in [0, 0.1) is 12.8 Å². The van der Waals surface area contributed by atoms with Crippen LogP contribution in [0.15, 0.2) is 29.2 Å². The average Bonchev–Trinajstić information content (AvgIpc) is 3.40. The average molecular weight is 365 g/mol. The van der Waals surface area contributed by atoms with Crippen molar-refractivity contribution in [2.24, 2.45) is 5.92 Å². The Balaban J connectivity index is 1.76. The largest absolute Gasteiger partial charge is 0.337 e. The SMILES string of the molecule is Cc1ccc(S(=O)(=O)N2CCCC(C(=O)N(C(C)C)C3CC3)C2)cc1. The molecule has 1 aromatic carbocycles. The number of hydrogen-bond donors (Lipinski definition) is 0. The van der Waals surface area contributed by atoms with Gasteiger partial charge in [0, 0.05) is 25.2 Å². The minimum atomic E-state index is -3.53. The monoisotopic (exact) mass is 364 g/mol. The van der Waals surface area contributed by atoms with Crippen LogP contribution in [0.1, 0.15) is 45.1 Å². The summed E-state index contributed by atoms with van der Waals surface area (Å²) in [7, 11) is -3.53. The van der Waals surface area contributed by atoms with Crippen LogP contribution < -0.4 is 0 Å². The van der Waals surface area contributed by atoms with Gasteiger partial charge in [-0.25, -0.2) is 8.42 Å². The van der Waals surface area contributed by atoms with E-state index >= 15 is 0 Å². The smallest absolute Gasteiger partial charge is 0.243 e. The molecule has 138 valence electrons. The van der Waals surface area contributed by atoms with Gasteiger partial charge in [0.25, 0.3) is 0 Å². The van der Waals surface area contributed by atoms with E-state index in [1.807, 2.05) is 37.8 Å². The van der Waals surface area contributed by atoms with E-state index in [9.17, 15) is 13.2 Å². The van der Waals surface area contributed by atoms with Crippen molar-refractivity contribution in [3.8, 4) is 0 Å². The highest BCUT2D eigenvalue weighted by Crippen LogP contribution is 2.32. The summed E-state index contributed by atoms with van der Waals surface area (Å²) in [5.41, 5.74) is 1.03. The van der Waals surface area contributed by atoms with Gasteiger partial charge in [0.2, 0.25) is 15.9 Å². The highest BCUT2D eigenvalue weighted by molar-refractivity contribution is 7.89. The number of aryl methyl sites for hydroxylation is 1. The van der Waals surface area contributed by atoms with Gasteiger partial charge in [-0.15, -0.1) is 0 Å². The molecule has 25 heavy (non-hydrogen) atoms. The number of carbonyl (C=O) groups excluding carboxylic acids is 1. The maximum absolute atomic E-state index is 13.0. The molecule has 3 rings (SSSR count). The summed E-state index contributed by atoms with van der Waals surface area (Å²) in [6.07, 6.45) is 3.65. The fraction of sp³-hybridized carbons (Fsp3) is 0.632. The molecule has 1 aliphatic heterocycles. The Morgan fingerprint density at radius 1 is 1.16 bits per heavy atom. The number of piperidine rings is 1. The van der Waals surface area contributed by atoms with Crippen molar-refractivity contribution in [1.82, 2.24) is 9.21 Å². The molecule has 0 spiro atoms. The van der Waals surface area contributed by atoms with Crippen LogP contribution in [0.3, 0.4) is 0 Å². The highest BCUT2D eigenvalue weighted by atomic mass is 32.2. The third-order valence-electron chi connectivity index (χ3n) is 5.14. The molecule has 1 saturated heterocycles. The van der Waals surface area contributed by atoms with Crippen molar-refractivity contribution in [2.45, 2.75) is 63.4 Å². The Morgan fingerprint density at radius 3 is 2.36 bits per heavy atom. The van der Waals surface area contributed by atoms with E-state index in [0.717, 1.165) is 31.2 Å². The number of sulfonamides is 1. The summed E-state index contributed by atoms with van der Waals surface area (Å²) in [5, 5.41) is 0. The molecule has 1 unspecified atom stereocenters. The summed E-state index contributed by atoms with van der Waals surface area (Å²) in [6, 6.07) is 7.46. The van der Waals surface area contributed by atoms with Crippen LogP contribution in [0.5, 0.6) is 0 Å². The third-order valence-corrected chi connectivity index (χ3v) is 7.02. The van der Waals surface area contributed by atoms with Crippen LogP contribution in [0.2, 0.25) is 0 Å². The lowest BCUT2D eigenvalue weighted by Crippen LogP contribution is -2.49. The van der Waals surface area contributed by atoms with E-state index in [4.69, 9.17) is 0 Å². The first-order valence-electron chi connectivity index (χ1n) is 9.19. The number of nitrogens with zero attached hydrogens (tertiary/aromatic N) is 2. The van der Waals surface area contributed by atoms with Gasteiger partial charge in [0.1, 0.15) is 0 Å². The van der Waals surface area contributed by atoms with Gasteiger partial charge >= 0.3 is 0 Å².